The van der Waals surface area contributed by atoms with Crippen LogP contribution in [0, 0.1) is 10.8 Å². The molecule has 0 unspecified atom stereocenters. The minimum atomic E-state index is -0.392. The van der Waals surface area contributed by atoms with Crippen LogP contribution in [-0.2, 0) is 13.5 Å². The standard InChI is InChI=1S/C22H29N3O.CH4/c1-21(2,3)12-14-10-18(25(7)13-14)20-23-16-9-8-15(11-17(16)24-20)19(26)22(4,5)6;/h8-11,13H,12H2,1-7H3,(H,23,24);1H4. The van der Waals surface area contributed by atoms with Gasteiger partial charge < -0.3 is 9.55 Å². The van der Waals surface area contributed by atoms with Gasteiger partial charge in [-0.15, -0.1) is 0 Å². The van der Waals surface area contributed by atoms with Gasteiger partial charge in [0, 0.05) is 24.2 Å². The number of carbonyl (C=O) groups is 1. The number of ketones is 1. The topological polar surface area (TPSA) is 50.7 Å². The van der Waals surface area contributed by atoms with Crippen LogP contribution < -0.4 is 0 Å². The summed E-state index contributed by atoms with van der Waals surface area (Å²) in [4.78, 5) is 20.7. The van der Waals surface area contributed by atoms with Crippen LogP contribution in [0.4, 0.5) is 0 Å². The molecule has 0 bridgehead atoms. The van der Waals surface area contributed by atoms with Crippen LogP contribution in [0.5, 0.6) is 0 Å². The van der Waals surface area contributed by atoms with E-state index in [-0.39, 0.29) is 18.6 Å². The highest BCUT2D eigenvalue weighted by atomic mass is 16.1. The van der Waals surface area contributed by atoms with Gasteiger partial charge in [0.25, 0.3) is 0 Å². The summed E-state index contributed by atoms with van der Waals surface area (Å²) in [5, 5.41) is 0. The van der Waals surface area contributed by atoms with E-state index in [9.17, 15) is 4.79 Å². The van der Waals surface area contributed by atoms with Gasteiger partial charge in [-0.05, 0) is 41.7 Å². The Balaban J connectivity index is 0.00000261. The number of aromatic nitrogens is 3. The summed E-state index contributed by atoms with van der Waals surface area (Å²) in [7, 11) is 2.04. The van der Waals surface area contributed by atoms with Crippen molar-refractivity contribution in [2.45, 2.75) is 55.4 Å². The second-order valence-corrected chi connectivity index (χ2v) is 9.48. The molecule has 3 aromatic rings. The average molecular weight is 368 g/mol. The highest BCUT2D eigenvalue weighted by Gasteiger charge is 2.23. The quantitative estimate of drug-likeness (QED) is 0.575. The van der Waals surface area contributed by atoms with Gasteiger partial charge in [0.05, 0.1) is 16.7 Å². The first-order chi connectivity index (χ1) is 11.9. The van der Waals surface area contributed by atoms with E-state index in [1.165, 1.54) is 5.56 Å². The number of aromatic amines is 1. The highest BCUT2D eigenvalue weighted by molar-refractivity contribution is 6.02. The smallest absolute Gasteiger partial charge is 0.168 e. The number of H-pyrrole nitrogens is 1. The molecule has 3 rings (SSSR count). The number of hydrogen-bond acceptors (Lipinski definition) is 2. The number of benzene rings is 1. The molecule has 0 fully saturated rings. The van der Waals surface area contributed by atoms with Gasteiger partial charge in [-0.25, -0.2) is 4.98 Å². The van der Waals surface area contributed by atoms with E-state index in [4.69, 9.17) is 4.98 Å². The van der Waals surface area contributed by atoms with Gasteiger partial charge in [0.2, 0.25) is 0 Å². The SMILES string of the molecule is C.Cn1cc(CC(C)(C)C)cc1-c1nc2ccc(C(=O)C(C)(C)C)cc2[nH]1. The van der Waals surface area contributed by atoms with Crippen molar-refractivity contribution in [2.24, 2.45) is 17.9 Å². The molecular weight excluding hydrogens is 334 g/mol. The molecule has 0 aliphatic carbocycles. The normalized spacial score (nSPS) is 12.3. The first kappa shape index (κ1) is 20.9. The Morgan fingerprint density at radius 1 is 1.11 bits per heavy atom. The molecular formula is C23H33N3O. The maximum atomic E-state index is 12.5. The number of rotatable bonds is 3. The Morgan fingerprint density at radius 2 is 1.78 bits per heavy atom. The fraction of sp³-hybridized carbons (Fsp3) is 0.478. The number of imidazole rings is 1. The van der Waals surface area contributed by atoms with Crippen molar-refractivity contribution in [1.82, 2.24) is 14.5 Å². The van der Waals surface area contributed by atoms with Crippen molar-refractivity contribution < 1.29 is 4.79 Å². The van der Waals surface area contributed by atoms with Crippen LogP contribution in [0.1, 0.15) is 64.9 Å². The molecule has 0 saturated heterocycles. The lowest BCUT2D eigenvalue weighted by Crippen LogP contribution is -2.19. The number of Topliss-reactive ketones (excluding diaryl/α,β-unsaturated/α-hetero) is 1. The summed E-state index contributed by atoms with van der Waals surface area (Å²) in [6.07, 6.45) is 3.19. The molecule has 27 heavy (non-hydrogen) atoms. The van der Waals surface area contributed by atoms with E-state index in [0.717, 1.165) is 34.5 Å². The fourth-order valence-electron chi connectivity index (χ4n) is 3.28. The van der Waals surface area contributed by atoms with E-state index in [1.54, 1.807) is 0 Å². The zero-order valence-electron chi connectivity index (χ0n) is 16.9. The van der Waals surface area contributed by atoms with Crippen molar-refractivity contribution in [3.63, 3.8) is 0 Å². The Hall–Kier alpha value is -2.36. The molecule has 0 amide bonds. The lowest BCUT2D eigenvalue weighted by atomic mass is 9.86. The Kier molecular flexibility index (Phi) is 5.42. The van der Waals surface area contributed by atoms with Crippen molar-refractivity contribution in [2.75, 3.05) is 0 Å². The van der Waals surface area contributed by atoms with Crippen LogP contribution in [0.2, 0.25) is 0 Å². The third kappa shape index (κ3) is 4.49. The van der Waals surface area contributed by atoms with Crippen LogP contribution >= 0.6 is 0 Å². The number of nitrogens with one attached hydrogen (secondary N) is 1. The van der Waals surface area contributed by atoms with E-state index < -0.39 is 5.41 Å². The van der Waals surface area contributed by atoms with E-state index >= 15 is 0 Å². The molecule has 0 spiro atoms. The molecule has 2 heterocycles. The molecule has 2 aromatic heterocycles. The zero-order chi connectivity index (χ0) is 19.3. The highest BCUT2D eigenvalue weighted by Crippen LogP contribution is 2.28. The number of nitrogens with zero attached hydrogens (tertiary/aromatic N) is 2. The summed E-state index contributed by atoms with van der Waals surface area (Å²) in [5.41, 5.74) is 4.71. The summed E-state index contributed by atoms with van der Waals surface area (Å²) < 4.78 is 2.11. The molecule has 0 aliphatic rings. The Labute approximate surface area is 163 Å². The third-order valence-corrected chi connectivity index (χ3v) is 4.46. The van der Waals surface area contributed by atoms with Crippen LogP contribution in [0.25, 0.3) is 22.6 Å². The van der Waals surface area contributed by atoms with Crippen molar-refractivity contribution in [1.29, 1.82) is 0 Å². The van der Waals surface area contributed by atoms with Crippen molar-refractivity contribution in [3.8, 4) is 11.5 Å². The molecule has 4 heteroatoms. The van der Waals surface area contributed by atoms with E-state index in [2.05, 4.69) is 42.6 Å². The number of aryl methyl sites for hydroxylation is 1. The lowest BCUT2D eigenvalue weighted by molar-refractivity contribution is 0.0858. The number of hydrogen-bond donors (Lipinski definition) is 1. The maximum Gasteiger partial charge on any atom is 0.168 e. The first-order valence-electron chi connectivity index (χ1n) is 9.14. The molecule has 0 saturated carbocycles. The fourth-order valence-corrected chi connectivity index (χ4v) is 3.28. The number of fused-ring (bicyclic) bond motifs is 1. The predicted octanol–water partition coefficient (Wildman–Crippen LogP) is 6.02. The van der Waals surface area contributed by atoms with Crippen molar-refractivity contribution >= 4 is 16.8 Å². The summed E-state index contributed by atoms with van der Waals surface area (Å²) in [6, 6.07) is 7.91. The Morgan fingerprint density at radius 3 is 2.37 bits per heavy atom. The van der Waals surface area contributed by atoms with Gasteiger partial charge in [-0.2, -0.15) is 0 Å². The van der Waals surface area contributed by atoms with E-state index in [1.807, 2.05) is 46.0 Å². The average Bonchev–Trinajstić information content (AvgIpc) is 3.05. The molecule has 0 atom stereocenters. The Bertz CT molecular complexity index is 962. The predicted molar refractivity (Wildman–Crippen MR) is 114 cm³/mol. The summed E-state index contributed by atoms with van der Waals surface area (Å²) >= 11 is 0. The van der Waals surface area contributed by atoms with Gasteiger partial charge in [-0.3, -0.25) is 4.79 Å². The van der Waals surface area contributed by atoms with Crippen LogP contribution in [0.15, 0.2) is 30.5 Å². The monoisotopic (exact) mass is 367 g/mol. The van der Waals surface area contributed by atoms with E-state index in [0.29, 0.717) is 0 Å². The van der Waals surface area contributed by atoms with Crippen molar-refractivity contribution in [3.05, 3.63) is 41.6 Å². The summed E-state index contributed by atoms with van der Waals surface area (Å²) in [6.45, 7) is 12.6. The van der Waals surface area contributed by atoms with Gasteiger partial charge in [0.15, 0.2) is 11.6 Å². The van der Waals surface area contributed by atoms with Gasteiger partial charge in [0.1, 0.15) is 0 Å². The molecule has 1 N–H and O–H groups in total. The molecule has 0 aliphatic heterocycles. The largest absolute Gasteiger partial charge is 0.348 e. The van der Waals surface area contributed by atoms with Gasteiger partial charge >= 0.3 is 0 Å². The molecule has 146 valence electrons. The third-order valence-electron chi connectivity index (χ3n) is 4.46. The molecule has 0 radical (unpaired) electrons. The minimum Gasteiger partial charge on any atom is -0.348 e. The van der Waals surface area contributed by atoms with Crippen LogP contribution in [-0.4, -0.2) is 20.3 Å². The summed E-state index contributed by atoms with van der Waals surface area (Å²) in [5.74, 6) is 0.977. The maximum absolute atomic E-state index is 12.5. The second-order valence-electron chi connectivity index (χ2n) is 9.48. The first-order valence-corrected chi connectivity index (χ1v) is 9.14. The van der Waals surface area contributed by atoms with Crippen LogP contribution in [0.3, 0.4) is 0 Å². The second kappa shape index (κ2) is 6.99. The zero-order valence-corrected chi connectivity index (χ0v) is 16.9. The van der Waals surface area contributed by atoms with Gasteiger partial charge in [-0.1, -0.05) is 49.0 Å². The lowest BCUT2D eigenvalue weighted by Gasteiger charge is -2.16. The molecule has 1 aromatic carbocycles. The minimum absolute atomic E-state index is 0. The molecule has 4 nitrogen and oxygen atoms in total. The number of carbonyl (C=O) groups excluding carboxylic acids is 1.